The van der Waals surface area contributed by atoms with Gasteiger partial charge in [0.25, 0.3) is 5.91 Å². The summed E-state index contributed by atoms with van der Waals surface area (Å²) in [6.45, 7) is 1.85. The summed E-state index contributed by atoms with van der Waals surface area (Å²) < 4.78 is 5.26. The van der Waals surface area contributed by atoms with Crippen molar-refractivity contribution >= 4 is 17.2 Å². The first-order valence-electron chi connectivity index (χ1n) is 6.31. The van der Waals surface area contributed by atoms with Gasteiger partial charge in [-0.05, 0) is 18.6 Å². The van der Waals surface area contributed by atoms with Gasteiger partial charge in [-0.1, -0.05) is 30.3 Å². The molecule has 1 amide bonds. The zero-order valence-electron chi connectivity index (χ0n) is 11.4. The Balaban J connectivity index is 2.25. The Morgan fingerprint density at radius 2 is 2.10 bits per heavy atom. The maximum Gasteiger partial charge on any atom is 0.265 e. The van der Waals surface area contributed by atoms with Gasteiger partial charge in [0.1, 0.15) is 10.6 Å². The van der Waals surface area contributed by atoms with Crippen LogP contribution in [-0.4, -0.2) is 30.8 Å². The fraction of sp³-hybridized carbons (Fsp3) is 0.267. The van der Waals surface area contributed by atoms with E-state index < -0.39 is 6.10 Å². The van der Waals surface area contributed by atoms with Crippen LogP contribution in [0.15, 0.2) is 36.4 Å². The highest BCUT2D eigenvalue weighted by atomic mass is 32.1. The van der Waals surface area contributed by atoms with Crippen LogP contribution < -0.4 is 10.1 Å². The normalized spacial score (nSPS) is 11.9. The second-order valence-electron chi connectivity index (χ2n) is 4.43. The lowest BCUT2D eigenvalue weighted by molar-refractivity contribution is 0.0925. The number of rotatable bonds is 5. The largest absolute Gasteiger partial charge is 0.495 e. The minimum atomic E-state index is -0.571. The van der Waals surface area contributed by atoms with E-state index in [0.717, 1.165) is 10.4 Å². The Bertz CT molecular complexity index is 578. The molecule has 1 unspecified atom stereocenters. The molecular formula is C15H17NO3S. The first kappa shape index (κ1) is 14.6. The van der Waals surface area contributed by atoms with E-state index in [9.17, 15) is 9.90 Å². The van der Waals surface area contributed by atoms with Crippen molar-refractivity contribution in [2.75, 3.05) is 13.7 Å². The quantitative estimate of drug-likeness (QED) is 0.890. The first-order chi connectivity index (χ1) is 9.61. The van der Waals surface area contributed by atoms with Crippen molar-refractivity contribution in [1.82, 2.24) is 5.32 Å². The fourth-order valence-electron chi connectivity index (χ4n) is 1.75. The summed E-state index contributed by atoms with van der Waals surface area (Å²) in [7, 11) is 1.54. The van der Waals surface area contributed by atoms with E-state index in [1.54, 1.807) is 14.0 Å². The highest BCUT2D eigenvalue weighted by Gasteiger charge is 2.18. The predicted molar refractivity (Wildman–Crippen MR) is 80.3 cm³/mol. The van der Waals surface area contributed by atoms with E-state index >= 15 is 0 Å². The summed E-state index contributed by atoms with van der Waals surface area (Å²) in [4.78, 5) is 13.6. The number of benzene rings is 1. The summed E-state index contributed by atoms with van der Waals surface area (Å²) in [5, 5.41) is 11.9. The SMILES string of the molecule is COc1cc(-c2ccccc2)sc1C(=O)NCC(C)O. The molecule has 0 saturated heterocycles. The third-order valence-corrected chi connectivity index (χ3v) is 3.90. The molecule has 0 spiro atoms. The van der Waals surface area contributed by atoms with Gasteiger partial charge >= 0.3 is 0 Å². The van der Waals surface area contributed by atoms with Crippen molar-refractivity contribution in [2.24, 2.45) is 0 Å². The van der Waals surface area contributed by atoms with Gasteiger partial charge in [0.2, 0.25) is 0 Å². The monoisotopic (exact) mass is 291 g/mol. The number of carbonyl (C=O) groups is 1. The second kappa shape index (κ2) is 6.54. The van der Waals surface area contributed by atoms with E-state index in [1.807, 2.05) is 36.4 Å². The number of thiophene rings is 1. The maximum atomic E-state index is 12.1. The second-order valence-corrected chi connectivity index (χ2v) is 5.49. The summed E-state index contributed by atoms with van der Waals surface area (Å²) in [5.41, 5.74) is 1.05. The lowest BCUT2D eigenvalue weighted by atomic mass is 10.2. The van der Waals surface area contributed by atoms with Crippen LogP contribution in [0.5, 0.6) is 5.75 Å². The molecule has 1 atom stereocenters. The summed E-state index contributed by atoms with van der Waals surface area (Å²) in [6.07, 6.45) is -0.571. The van der Waals surface area contributed by atoms with Crippen LogP contribution in [-0.2, 0) is 0 Å². The van der Waals surface area contributed by atoms with Crippen LogP contribution in [0.25, 0.3) is 10.4 Å². The number of carbonyl (C=O) groups excluding carboxylic acids is 1. The van der Waals surface area contributed by atoms with Crippen molar-refractivity contribution in [3.8, 4) is 16.2 Å². The molecule has 0 fully saturated rings. The smallest absolute Gasteiger partial charge is 0.265 e. The van der Waals surface area contributed by atoms with E-state index in [-0.39, 0.29) is 12.5 Å². The molecule has 106 valence electrons. The minimum Gasteiger partial charge on any atom is -0.495 e. The van der Waals surface area contributed by atoms with Gasteiger partial charge in [0.05, 0.1) is 13.2 Å². The molecule has 1 aromatic carbocycles. The zero-order chi connectivity index (χ0) is 14.5. The van der Waals surface area contributed by atoms with Crippen LogP contribution in [0, 0.1) is 0 Å². The number of hydrogen-bond donors (Lipinski definition) is 2. The summed E-state index contributed by atoms with van der Waals surface area (Å²) in [6, 6.07) is 11.7. The van der Waals surface area contributed by atoms with Crippen molar-refractivity contribution in [2.45, 2.75) is 13.0 Å². The van der Waals surface area contributed by atoms with Gasteiger partial charge < -0.3 is 15.2 Å². The Morgan fingerprint density at radius 1 is 1.40 bits per heavy atom. The molecule has 1 aromatic heterocycles. The standard InChI is InChI=1S/C15H17NO3S/c1-10(17)9-16-15(18)14-12(19-2)8-13(20-14)11-6-4-3-5-7-11/h3-8,10,17H,9H2,1-2H3,(H,16,18). The molecule has 0 bridgehead atoms. The van der Waals surface area contributed by atoms with Crippen LogP contribution in [0.2, 0.25) is 0 Å². The maximum absolute atomic E-state index is 12.1. The van der Waals surface area contributed by atoms with Crippen LogP contribution in [0.4, 0.5) is 0 Å². The number of nitrogens with one attached hydrogen (secondary N) is 1. The zero-order valence-corrected chi connectivity index (χ0v) is 12.2. The lowest BCUT2D eigenvalue weighted by Gasteiger charge is -2.06. The molecule has 4 nitrogen and oxygen atoms in total. The van der Waals surface area contributed by atoms with Gasteiger partial charge in [-0.2, -0.15) is 0 Å². The molecule has 20 heavy (non-hydrogen) atoms. The summed E-state index contributed by atoms with van der Waals surface area (Å²) in [5.74, 6) is 0.326. The molecule has 0 aliphatic heterocycles. The Kier molecular flexibility index (Phi) is 4.76. The average Bonchev–Trinajstić information content (AvgIpc) is 2.90. The van der Waals surface area contributed by atoms with Gasteiger partial charge in [-0.15, -0.1) is 11.3 Å². The predicted octanol–water partition coefficient (Wildman–Crippen LogP) is 2.53. The number of amides is 1. The van der Waals surface area contributed by atoms with Crippen LogP contribution in [0.1, 0.15) is 16.6 Å². The Hall–Kier alpha value is -1.85. The van der Waals surface area contributed by atoms with E-state index in [4.69, 9.17) is 4.74 Å². The molecule has 2 N–H and O–H groups in total. The van der Waals surface area contributed by atoms with Gasteiger partial charge in [0, 0.05) is 11.4 Å². The van der Waals surface area contributed by atoms with E-state index in [0.29, 0.717) is 10.6 Å². The fourth-order valence-corrected chi connectivity index (χ4v) is 2.80. The van der Waals surface area contributed by atoms with Crippen molar-refractivity contribution in [3.63, 3.8) is 0 Å². The van der Waals surface area contributed by atoms with Crippen molar-refractivity contribution in [1.29, 1.82) is 0 Å². The first-order valence-corrected chi connectivity index (χ1v) is 7.13. The van der Waals surface area contributed by atoms with Crippen LogP contribution >= 0.6 is 11.3 Å². The van der Waals surface area contributed by atoms with Crippen molar-refractivity contribution < 1.29 is 14.6 Å². The van der Waals surface area contributed by atoms with E-state index in [1.165, 1.54) is 11.3 Å². The number of hydrogen-bond acceptors (Lipinski definition) is 4. The van der Waals surface area contributed by atoms with Crippen molar-refractivity contribution in [3.05, 3.63) is 41.3 Å². The summed E-state index contributed by atoms with van der Waals surface area (Å²) >= 11 is 1.38. The Morgan fingerprint density at radius 3 is 2.70 bits per heavy atom. The molecular weight excluding hydrogens is 274 g/mol. The molecule has 0 aliphatic carbocycles. The molecule has 0 radical (unpaired) electrons. The van der Waals surface area contributed by atoms with Crippen LogP contribution in [0.3, 0.4) is 0 Å². The van der Waals surface area contributed by atoms with Gasteiger partial charge in [0.15, 0.2) is 0 Å². The lowest BCUT2D eigenvalue weighted by Crippen LogP contribution is -2.30. The van der Waals surface area contributed by atoms with E-state index in [2.05, 4.69) is 5.32 Å². The average molecular weight is 291 g/mol. The minimum absolute atomic E-state index is 0.223. The highest BCUT2D eigenvalue weighted by molar-refractivity contribution is 7.17. The third-order valence-electron chi connectivity index (χ3n) is 2.74. The molecule has 2 aromatic rings. The molecule has 2 rings (SSSR count). The molecule has 0 aliphatic rings. The van der Waals surface area contributed by atoms with Gasteiger partial charge in [-0.3, -0.25) is 4.79 Å². The highest BCUT2D eigenvalue weighted by Crippen LogP contribution is 2.35. The molecule has 0 saturated carbocycles. The van der Waals surface area contributed by atoms with Gasteiger partial charge in [-0.25, -0.2) is 0 Å². The molecule has 5 heteroatoms. The molecule has 1 heterocycles. The number of ether oxygens (including phenoxy) is 1. The number of aliphatic hydroxyl groups is 1. The number of aliphatic hydroxyl groups excluding tert-OH is 1. The Labute approximate surface area is 122 Å². The topological polar surface area (TPSA) is 58.6 Å². The third kappa shape index (κ3) is 3.37. The number of methoxy groups -OCH3 is 1.